The molecule has 1 aliphatic heterocycles. The Morgan fingerprint density at radius 1 is 1.33 bits per heavy atom. The Labute approximate surface area is 158 Å². The Kier molecular flexibility index (Phi) is 6.62. The fourth-order valence-corrected chi connectivity index (χ4v) is 2.99. The number of likely N-dealkylation sites (tertiary alicyclic amines) is 1. The van der Waals surface area contributed by atoms with Crippen LogP contribution in [0.3, 0.4) is 0 Å². The minimum absolute atomic E-state index is 0.0607. The molecule has 0 bridgehead atoms. The predicted octanol–water partition coefficient (Wildman–Crippen LogP) is 4.08. The zero-order valence-corrected chi connectivity index (χ0v) is 16.2. The van der Waals surface area contributed by atoms with E-state index in [0.29, 0.717) is 19.6 Å². The summed E-state index contributed by atoms with van der Waals surface area (Å²) in [5.74, 6) is -1.42. The fraction of sp³-hybridized carbons (Fsp3) is 0.579. The summed E-state index contributed by atoms with van der Waals surface area (Å²) in [6.45, 7) is 6.87. The Morgan fingerprint density at radius 2 is 2.04 bits per heavy atom. The molecule has 0 saturated carbocycles. The van der Waals surface area contributed by atoms with Gasteiger partial charge < -0.3 is 19.9 Å². The van der Waals surface area contributed by atoms with Crippen molar-refractivity contribution in [3.8, 4) is 0 Å². The number of carbonyl (C=O) groups excluding carboxylic acids is 2. The van der Waals surface area contributed by atoms with Crippen molar-refractivity contribution >= 4 is 17.8 Å². The number of carbonyl (C=O) groups is 2. The van der Waals surface area contributed by atoms with Gasteiger partial charge in [-0.1, -0.05) is 0 Å². The van der Waals surface area contributed by atoms with Gasteiger partial charge in [-0.2, -0.15) is 0 Å². The topological polar surface area (TPSA) is 61.9 Å². The Bertz CT molecular complexity index is 691. The molecule has 1 N–H and O–H groups in total. The van der Waals surface area contributed by atoms with Crippen molar-refractivity contribution in [1.29, 1.82) is 0 Å². The number of hydrogen-bond donors (Lipinski definition) is 1. The van der Waals surface area contributed by atoms with E-state index in [4.69, 9.17) is 4.74 Å². The van der Waals surface area contributed by atoms with Crippen molar-refractivity contribution in [2.24, 2.45) is 5.92 Å². The largest absolute Gasteiger partial charge is 0.444 e. The molecule has 3 amide bonds. The van der Waals surface area contributed by atoms with Crippen LogP contribution in [0.1, 0.15) is 33.6 Å². The van der Waals surface area contributed by atoms with Gasteiger partial charge in [-0.25, -0.2) is 18.4 Å². The number of nitrogens with one attached hydrogen (secondary N) is 1. The molecule has 2 rings (SSSR count). The van der Waals surface area contributed by atoms with Crippen molar-refractivity contribution in [3.05, 3.63) is 29.8 Å². The van der Waals surface area contributed by atoms with E-state index in [-0.39, 0.29) is 11.6 Å². The highest BCUT2D eigenvalue weighted by Gasteiger charge is 2.27. The van der Waals surface area contributed by atoms with Crippen LogP contribution in [0.2, 0.25) is 0 Å². The molecule has 8 heteroatoms. The summed E-state index contributed by atoms with van der Waals surface area (Å²) in [5.41, 5.74) is -0.627. The van der Waals surface area contributed by atoms with Crippen LogP contribution in [0.25, 0.3) is 0 Å². The van der Waals surface area contributed by atoms with Gasteiger partial charge in [0.05, 0.1) is 5.69 Å². The number of benzene rings is 1. The van der Waals surface area contributed by atoms with Crippen LogP contribution in [-0.2, 0) is 4.74 Å². The van der Waals surface area contributed by atoms with Crippen LogP contribution in [0.4, 0.5) is 24.1 Å². The zero-order chi connectivity index (χ0) is 20.2. The van der Waals surface area contributed by atoms with Gasteiger partial charge in [0.2, 0.25) is 0 Å². The Balaban J connectivity index is 1.91. The molecule has 1 aliphatic rings. The van der Waals surface area contributed by atoms with Gasteiger partial charge in [0.1, 0.15) is 17.2 Å². The first-order chi connectivity index (χ1) is 12.5. The number of hydrogen-bond acceptors (Lipinski definition) is 3. The van der Waals surface area contributed by atoms with Gasteiger partial charge in [0, 0.05) is 32.7 Å². The predicted molar refractivity (Wildman–Crippen MR) is 98.5 cm³/mol. The molecule has 27 heavy (non-hydrogen) atoms. The van der Waals surface area contributed by atoms with Crippen molar-refractivity contribution in [2.75, 3.05) is 32.0 Å². The number of piperidine rings is 1. The van der Waals surface area contributed by atoms with E-state index in [1.165, 1.54) is 11.0 Å². The highest BCUT2D eigenvalue weighted by atomic mass is 19.1. The monoisotopic (exact) mass is 383 g/mol. The van der Waals surface area contributed by atoms with Crippen LogP contribution in [-0.4, -0.2) is 54.2 Å². The zero-order valence-electron chi connectivity index (χ0n) is 16.2. The summed E-state index contributed by atoms with van der Waals surface area (Å²) in [7, 11) is 1.67. The smallest absolute Gasteiger partial charge is 0.410 e. The first-order valence-electron chi connectivity index (χ1n) is 9.00. The summed E-state index contributed by atoms with van der Waals surface area (Å²) < 4.78 is 32.0. The van der Waals surface area contributed by atoms with Crippen LogP contribution < -0.4 is 5.32 Å². The van der Waals surface area contributed by atoms with Crippen LogP contribution in [0, 0.1) is 17.6 Å². The van der Waals surface area contributed by atoms with Crippen molar-refractivity contribution in [3.63, 3.8) is 0 Å². The molecule has 6 nitrogen and oxygen atoms in total. The second-order valence-corrected chi connectivity index (χ2v) is 7.87. The SMILES string of the molecule is CN(CC1CCCN(C(=O)Nc2ccc(F)cc2F)C1)C(=O)OC(C)(C)C. The summed E-state index contributed by atoms with van der Waals surface area (Å²) in [5, 5.41) is 2.47. The lowest BCUT2D eigenvalue weighted by Crippen LogP contribution is -2.46. The summed E-state index contributed by atoms with van der Waals surface area (Å²) >= 11 is 0. The third-order valence-electron chi connectivity index (χ3n) is 4.22. The van der Waals surface area contributed by atoms with Gasteiger partial charge in [0.15, 0.2) is 0 Å². The number of rotatable bonds is 3. The standard InChI is InChI=1S/C19H27F2N3O3/c1-19(2,3)27-18(26)23(4)11-13-6-5-9-24(12-13)17(25)22-16-8-7-14(20)10-15(16)21/h7-8,10,13H,5-6,9,11-12H2,1-4H3,(H,22,25). The number of ether oxygens (including phenoxy) is 1. The highest BCUT2D eigenvalue weighted by Crippen LogP contribution is 2.21. The van der Waals surface area contributed by atoms with Gasteiger partial charge in [0.25, 0.3) is 0 Å². The van der Waals surface area contributed by atoms with Crippen molar-refractivity contribution < 1.29 is 23.1 Å². The van der Waals surface area contributed by atoms with Crippen LogP contribution in [0.5, 0.6) is 0 Å². The lowest BCUT2D eigenvalue weighted by molar-refractivity contribution is 0.0253. The lowest BCUT2D eigenvalue weighted by Gasteiger charge is -2.35. The second kappa shape index (κ2) is 8.54. The fourth-order valence-electron chi connectivity index (χ4n) is 2.99. The number of halogens is 2. The molecule has 1 aromatic carbocycles. The minimum atomic E-state index is -0.818. The van der Waals surface area contributed by atoms with E-state index in [2.05, 4.69) is 5.32 Å². The third kappa shape index (κ3) is 6.37. The van der Waals surface area contributed by atoms with Gasteiger partial charge >= 0.3 is 12.1 Å². The number of amides is 3. The average Bonchev–Trinajstić information content (AvgIpc) is 2.56. The van der Waals surface area contributed by atoms with Crippen LogP contribution >= 0.6 is 0 Å². The van der Waals surface area contributed by atoms with E-state index in [9.17, 15) is 18.4 Å². The van der Waals surface area contributed by atoms with Gasteiger partial charge in [-0.15, -0.1) is 0 Å². The summed E-state index contributed by atoms with van der Waals surface area (Å²) in [6.07, 6.45) is 1.26. The molecule has 1 aromatic rings. The van der Waals surface area contributed by atoms with E-state index < -0.39 is 29.4 Å². The molecule has 1 unspecified atom stereocenters. The summed E-state index contributed by atoms with van der Waals surface area (Å²) in [4.78, 5) is 27.6. The highest BCUT2D eigenvalue weighted by molar-refractivity contribution is 5.89. The molecule has 1 fully saturated rings. The van der Waals surface area contributed by atoms with E-state index in [1.807, 2.05) is 0 Å². The first kappa shape index (κ1) is 20.9. The van der Waals surface area contributed by atoms with Crippen molar-refractivity contribution in [1.82, 2.24) is 9.80 Å². The average molecular weight is 383 g/mol. The lowest BCUT2D eigenvalue weighted by atomic mass is 9.98. The molecule has 1 heterocycles. The molecule has 1 saturated heterocycles. The maximum atomic E-state index is 13.7. The van der Waals surface area contributed by atoms with Crippen molar-refractivity contribution in [2.45, 2.75) is 39.2 Å². The maximum absolute atomic E-state index is 13.7. The van der Waals surface area contributed by atoms with E-state index >= 15 is 0 Å². The third-order valence-corrected chi connectivity index (χ3v) is 4.22. The van der Waals surface area contributed by atoms with E-state index in [0.717, 1.165) is 25.0 Å². The van der Waals surface area contributed by atoms with Gasteiger partial charge in [-0.05, 0) is 51.7 Å². The second-order valence-electron chi connectivity index (χ2n) is 7.87. The summed E-state index contributed by atoms with van der Waals surface area (Å²) in [6, 6.07) is 2.57. The molecule has 0 radical (unpaired) electrons. The molecular weight excluding hydrogens is 356 g/mol. The quantitative estimate of drug-likeness (QED) is 0.856. The number of anilines is 1. The molecule has 0 spiro atoms. The van der Waals surface area contributed by atoms with Crippen LogP contribution in [0.15, 0.2) is 18.2 Å². The normalized spacial score (nSPS) is 17.4. The first-order valence-corrected chi connectivity index (χ1v) is 9.00. The Morgan fingerprint density at radius 3 is 2.67 bits per heavy atom. The molecule has 1 atom stereocenters. The molecule has 150 valence electrons. The Hall–Kier alpha value is -2.38. The molecule has 0 aromatic heterocycles. The van der Waals surface area contributed by atoms with E-state index in [1.54, 1.807) is 32.7 Å². The van der Waals surface area contributed by atoms with Gasteiger partial charge in [-0.3, -0.25) is 0 Å². The molecular formula is C19H27F2N3O3. The number of nitrogens with zero attached hydrogens (tertiary/aromatic N) is 2. The number of urea groups is 1. The minimum Gasteiger partial charge on any atom is -0.444 e. The molecule has 0 aliphatic carbocycles. The maximum Gasteiger partial charge on any atom is 0.410 e.